The summed E-state index contributed by atoms with van der Waals surface area (Å²) in [6, 6.07) is 12.3. The smallest absolute Gasteiger partial charge is 0.308 e. The van der Waals surface area contributed by atoms with Crippen molar-refractivity contribution in [3.05, 3.63) is 59.4 Å². The lowest BCUT2D eigenvalue weighted by Crippen LogP contribution is -2.42. The van der Waals surface area contributed by atoms with Crippen LogP contribution in [-0.4, -0.2) is 35.0 Å². The van der Waals surface area contributed by atoms with Crippen LogP contribution in [-0.2, 0) is 4.79 Å². The average Bonchev–Trinajstić information content (AvgIpc) is 2.62. The molecular formula is C20H20FNO3. The van der Waals surface area contributed by atoms with Crippen LogP contribution in [0.3, 0.4) is 0 Å². The number of carboxylic acids is 1. The van der Waals surface area contributed by atoms with Crippen molar-refractivity contribution in [2.45, 2.75) is 19.8 Å². The molecule has 1 aliphatic rings. The summed E-state index contributed by atoms with van der Waals surface area (Å²) in [5, 5.41) is 9.13. The number of rotatable bonds is 3. The number of likely N-dealkylation sites (tertiary alicyclic amines) is 1. The highest BCUT2D eigenvalue weighted by molar-refractivity contribution is 5.95. The lowest BCUT2D eigenvalue weighted by molar-refractivity contribution is -0.143. The van der Waals surface area contributed by atoms with Crippen molar-refractivity contribution >= 4 is 11.9 Å². The normalized spacial score (nSPS) is 17.4. The van der Waals surface area contributed by atoms with Crippen molar-refractivity contribution in [1.29, 1.82) is 0 Å². The fraction of sp³-hybridized carbons (Fsp3) is 0.300. The van der Waals surface area contributed by atoms with Crippen LogP contribution < -0.4 is 0 Å². The van der Waals surface area contributed by atoms with Crippen molar-refractivity contribution < 1.29 is 19.1 Å². The van der Waals surface area contributed by atoms with Gasteiger partial charge in [-0.2, -0.15) is 0 Å². The lowest BCUT2D eigenvalue weighted by atomic mass is 9.97. The maximum absolute atomic E-state index is 14.5. The first-order chi connectivity index (χ1) is 12.0. The minimum absolute atomic E-state index is 0.0121. The van der Waals surface area contributed by atoms with Gasteiger partial charge in [0.15, 0.2) is 0 Å². The van der Waals surface area contributed by atoms with E-state index in [-0.39, 0.29) is 12.1 Å². The maximum atomic E-state index is 14.5. The van der Waals surface area contributed by atoms with Crippen molar-refractivity contribution in [3.8, 4) is 11.1 Å². The van der Waals surface area contributed by atoms with Crippen LogP contribution in [0.15, 0.2) is 42.5 Å². The van der Waals surface area contributed by atoms with E-state index >= 15 is 0 Å². The number of carboxylic acid groups (broad SMARTS) is 1. The highest BCUT2D eigenvalue weighted by Gasteiger charge is 2.29. The Bertz CT molecular complexity index is 801. The first kappa shape index (κ1) is 17.1. The standard InChI is InChI=1S/C20H20FNO3/c1-13-4-6-14(7-5-13)15-8-9-17(18(21)11-15)19(23)22-10-2-3-16(12-22)20(24)25/h4-9,11,16H,2-3,10,12H2,1H3,(H,24,25)/t16-/m0/s1. The highest BCUT2D eigenvalue weighted by atomic mass is 19.1. The fourth-order valence-electron chi connectivity index (χ4n) is 3.15. The van der Waals surface area contributed by atoms with Gasteiger partial charge in [-0.15, -0.1) is 0 Å². The van der Waals surface area contributed by atoms with Crippen LogP contribution in [0.4, 0.5) is 4.39 Å². The number of hydrogen-bond acceptors (Lipinski definition) is 2. The Kier molecular flexibility index (Phi) is 4.83. The molecule has 0 unspecified atom stereocenters. The van der Waals surface area contributed by atoms with Crippen molar-refractivity contribution in [2.24, 2.45) is 5.92 Å². The molecule has 0 spiro atoms. The number of nitrogens with zero attached hydrogens (tertiary/aromatic N) is 1. The second kappa shape index (κ2) is 7.05. The molecule has 1 amide bonds. The van der Waals surface area contributed by atoms with Gasteiger partial charge < -0.3 is 10.0 Å². The third kappa shape index (κ3) is 3.71. The summed E-state index contributed by atoms with van der Waals surface area (Å²) in [5.41, 5.74) is 2.69. The van der Waals surface area contributed by atoms with Crippen molar-refractivity contribution in [3.63, 3.8) is 0 Å². The zero-order valence-corrected chi connectivity index (χ0v) is 14.0. The third-order valence-corrected chi connectivity index (χ3v) is 4.64. The number of aryl methyl sites for hydroxylation is 1. The number of hydrogen-bond donors (Lipinski definition) is 1. The molecule has 2 aromatic rings. The van der Waals surface area contributed by atoms with Crippen LogP contribution in [0.1, 0.15) is 28.8 Å². The monoisotopic (exact) mass is 341 g/mol. The van der Waals surface area contributed by atoms with Crippen molar-refractivity contribution in [2.75, 3.05) is 13.1 Å². The fourth-order valence-corrected chi connectivity index (χ4v) is 3.15. The Morgan fingerprint density at radius 2 is 1.80 bits per heavy atom. The van der Waals surface area contributed by atoms with Crippen LogP contribution >= 0.6 is 0 Å². The summed E-state index contributed by atoms with van der Waals surface area (Å²) >= 11 is 0. The second-order valence-electron chi connectivity index (χ2n) is 6.49. The Morgan fingerprint density at radius 1 is 1.12 bits per heavy atom. The highest BCUT2D eigenvalue weighted by Crippen LogP contribution is 2.25. The molecule has 0 saturated carbocycles. The van der Waals surface area contributed by atoms with Crippen molar-refractivity contribution in [1.82, 2.24) is 4.90 Å². The van der Waals surface area contributed by atoms with Crippen LogP contribution in [0.5, 0.6) is 0 Å². The van der Waals surface area contributed by atoms with E-state index in [1.165, 1.54) is 17.0 Å². The third-order valence-electron chi connectivity index (χ3n) is 4.64. The van der Waals surface area contributed by atoms with Crippen LogP contribution in [0.2, 0.25) is 0 Å². The number of aliphatic carboxylic acids is 1. The lowest BCUT2D eigenvalue weighted by Gasteiger charge is -2.30. The number of carbonyl (C=O) groups excluding carboxylic acids is 1. The molecule has 1 atom stereocenters. The number of halogens is 1. The molecule has 5 heteroatoms. The molecule has 0 radical (unpaired) electrons. The molecule has 2 aromatic carbocycles. The molecule has 1 saturated heterocycles. The van der Waals surface area contributed by atoms with Gasteiger partial charge in [-0.25, -0.2) is 4.39 Å². The minimum Gasteiger partial charge on any atom is -0.481 e. The Morgan fingerprint density at radius 3 is 2.44 bits per heavy atom. The first-order valence-corrected chi connectivity index (χ1v) is 8.34. The molecule has 25 heavy (non-hydrogen) atoms. The van der Waals surface area contributed by atoms with E-state index in [2.05, 4.69) is 0 Å². The van der Waals surface area contributed by atoms with E-state index in [1.54, 1.807) is 6.07 Å². The Balaban J connectivity index is 1.81. The summed E-state index contributed by atoms with van der Waals surface area (Å²) in [6.07, 6.45) is 1.17. The zero-order chi connectivity index (χ0) is 18.0. The van der Waals surface area contributed by atoms with Gasteiger partial charge in [-0.1, -0.05) is 35.9 Å². The molecule has 1 heterocycles. The molecule has 0 aromatic heterocycles. The van der Waals surface area contributed by atoms with E-state index in [0.717, 1.165) is 11.1 Å². The average molecular weight is 341 g/mol. The summed E-state index contributed by atoms with van der Waals surface area (Å²) in [5.74, 6) is -2.51. The van der Waals surface area contributed by atoms with E-state index in [4.69, 9.17) is 5.11 Å². The minimum atomic E-state index is -0.910. The predicted molar refractivity (Wildman–Crippen MR) is 92.8 cm³/mol. The maximum Gasteiger partial charge on any atom is 0.308 e. The van der Waals surface area contributed by atoms with Crippen LogP contribution in [0.25, 0.3) is 11.1 Å². The quantitative estimate of drug-likeness (QED) is 0.925. The van der Waals surface area contributed by atoms with Gasteiger partial charge in [0.1, 0.15) is 5.82 Å². The summed E-state index contributed by atoms with van der Waals surface area (Å²) in [4.78, 5) is 25.2. The van der Waals surface area contributed by atoms with Gasteiger partial charge in [0.05, 0.1) is 11.5 Å². The number of carbonyl (C=O) groups is 2. The van der Waals surface area contributed by atoms with E-state index in [0.29, 0.717) is 24.9 Å². The van der Waals surface area contributed by atoms with Gasteiger partial charge in [0, 0.05) is 13.1 Å². The molecule has 0 bridgehead atoms. The van der Waals surface area contributed by atoms with Gasteiger partial charge >= 0.3 is 5.97 Å². The molecule has 3 rings (SSSR count). The largest absolute Gasteiger partial charge is 0.481 e. The number of benzene rings is 2. The molecule has 1 N–H and O–H groups in total. The van der Waals surface area contributed by atoms with E-state index in [9.17, 15) is 14.0 Å². The van der Waals surface area contributed by atoms with Gasteiger partial charge in [-0.05, 0) is 43.0 Å². The molecule has 130 valence electrons. The molecule has 1 fully saturated rings. The Hall–Kier alpha value is -2.69. The van der Waals surface area contributed by atoms with Gasteiger partial charge in [-0.3, -0.25) is 9.59 Å². The second-order valence-corrected chi connectivity index (χ2v) is 6.49. The summed E-state index contributed by atoms with van der Waals surface area (Å²) in [7, 11) is 0. The number of piperidine rings is 1. The molecular weight excluding hydrogens is 321 g/mol. The number of amides is 1. The molecule has 4 nitrogen and oxygen atoms in total. The van der Waals surface area contributed by atoms with E-state index < -0.39 is 23.6 Å². The summed E-state index contributed by atoms with van der Waals surface area (Å²) in [6.45, 7) is 2.57. The van der Waals surface area contributed by atoms with Gasteiger partial charge in [0.25, 0.3) is 5.91 Å². The zero-order valence-electron chi connectivity index (χ0n) is 14.0. The first-order valence-electron chi connectivity index (χ1n) is 8.34. The SMILES string of the molecule is Cc1ccc(-c2ccc(C(=O)N3CCC[C@H](C(=O)O)C3)c(F)c2)cc1. The predicted octanol–water partition coefficient (Wildman–Crippen LogP) is 3.74. The van der Waals surface area contributed by atoms with E-state index in [1.807, 2.05) is 31.2 Å². The molecule has 1 aliphatic heterocycles. The van der Waals surface area contributed by atoms with Gasteiger partial charge in [0.2, 0.25) is 0 Å². The summed E-state index contributed by atoms with van der Waals surface area (Å²) < 4.78 is 14.5. The van der Waals surface area contributed by atoms with Crippen LogP contribution in [0, 0.1) is 18.7 Å². The Labute approximate surface area is 145 Å². The topological polar surface area (TPSA) is 57.6 Å². The molecule has 0 aliphatic carbocycles.